The summed E-state index contributed by atoms with van der Waals surface area (Å²) in [6.45, 7) is 1.88. The van der Waals surface area contributed by atoms with E-state index in [1.165, 1.54) is 0 Å². The maximum Gasteiger partial charge on any atom is 0.226 e. The van der Waals surface area contributed by atoms with Crippen LogP contribution in [0.15, 0.2) is 12.3 Å². The number of pyridine rings is 1. The zero-order chi connectivity index (χ0) is 12.5. The molecule has 3 N–H and O–H groups in total. The Labute approximate surface area is 106 Å². The summed E-state index contributed by atoms with van der Waals surface area (Å²) in [6.07, 6.45) is 4.90. The third-order valence-electron chi connectivity index (χ3n) is 3.24. The highest BCUT2D eigenvalue weighted by molar-refractivity contribution is 6.32. The summed E-state index contributed by atoms with van der Waals surface area (Å²) in [5.74, 6) is -0.0924. The summed E-state index contributed by atoms with van der Waals surface area (Å²) < 4.78 is 0. The van der Waals surface area contributed by atoms with Crippen molar-refractivity contribution >= 4 is 23.2 Å². The van der Waals surface area contributed by atoms with E-state index in [-0.39, 0.29) is 11.4 Å². The van der Waals surface area contributed by atoms with Crippen molar-refractivity contribution < 1.29 is 4.79 Å². The van der Waals surface area contributed by atoms with Crippen LogP contribution in [0.4, 0.5) is 5.69 Å². The van der Waals surface area contributed by atoms with Gasteiger partial charge in [-0.1, -0.05) is 11.6 Å². The fraction of sp³-hybridized carbons (Fsp3) is 0.500. The average Bonchev–Trinajstić information content (AvgIpc) is 2.21. The largest absolute Gasteiger partial charge is 0.325 e. The fourth-order valence-corrected chi connectivity index (χ4v) is 2.24. The first-order valence-corrected chi connectivity index (χ1v) is 6.08. The van der Waals surface area contributed by atoms with E-state index < -0.39 is 0 Å². The molecule has 1 aromatic heterocycles. The third-order valence-corrected chi connectivity index (χ3v) is 3.53. The highest BCUT2D eigenvalue weighted by Crippen LogP contribution is 2.32. The van der Waals surface area contributed by atoms with Crippen molar-refractivity contribution in [3.05, 3.63) is 23.0 Å². The zero-order valence-electron chi connectivity index (χ0n) is 9.79. The Hall–Kier alpha value is -1.13. The first kappa shape index (κ1) is 12.3. The second kappa shape index (κ2) is 4.63. The lowest BCUT2D eigenvalue weighted by Gasteiger charge is -2.37. The number of nitrogens with one attached hydrogen (secondary N) is 1. The molecule has 0 aliphatic heterocycles. The minimum Gasteiger partial charge on any atom is -0.325 e. The molecule has 2 rings (SSSR count). The number of nitrogens with zero attached hydrogens (tertiary/aromatic N) is 1. The molecule has 4 nitrogen and oxygen atoms in total. The van der Waals surface area contributed by atoms with Crippen LogP contribution in [0.5, 0.6) is 0 Å². The Morgan fingerprint density at radius 2 is 2.35 bits per heavy atom. The molecule has 1 amide bonds. The number of carbonyl (C=O) groups is 1. The van der Waals surface area contributed by atoms with Gasteiger partial charge in [0.1, 0.15) is 0 Å². The van der Waals surface area contributed by atoms with E-state index in [0.717, 1.165) is 24.8 Å². The molecular weight excluding hydrogens is 238 g/mol. The molecule has 0 saturated heterocycles. The highest BCUT2D eigenvalue weighted by atomic mass is 35.5. The monoisotopic (exact) mass is 253 g/mol. The van der Waals surface area contributed by atoms with Crippen molar-refractivity contribution in [2.45, 2.75) is 38.1 Å². The topological polar surface area (TPSA) is 68.0 Å². The van der Waals surface area contributed by atoms with Gasteiger partial charge in [0.05, 0.1) is 5.69 Å². The number of amides is 1. The zero-order valence-corrected chi connectivity index (χ0v) is 10.5. The standard InChI is InChI=1S/C12H16ClN3O/c1-8-3-6-15-11(13)10(8)16-9(17)7-12(14)4-2-5-12/h3,6H,2,4-5,7,14H2,1H3,(H,16,17). The van der Waals surface area contributed by atoms with Crippen molar-refractivity contribution in [3.63, 3.8) is 0 Å². The summed E-state index contributed by atoms with van der Waals surface area (Å²) in [6, 6.07) is 1.81. The Morgan fingerprint density at radius 3 is 2.88 bits per heavy atom. The number of aromatic nitrogens is 1. The molecule has 1 aliphatic rings. The number of carbonyl (C=O) groups excluding carboxylic acids is 1. The third kappa shape index (κ3) is 2.76. The summed E-state index contributed by atoms with van der Waals surface area (Å²) in [5.41, 5.74) is 7.20. The Bertz CT molecular complexity index is 423. The SMILES string of the molecule is Cc1ccnc(Cl)c1NC(=O)CC1(N)CCC1. The van der Waals surface area contributed by atoms with Gasteiger partial charge in [0.15, 0.2) is 5.15 Å². The second-order valence-electron chi connectivity index (χ2n) is 4.73. The van der Waals surface area contributed by atoms with E-state index in [1.54, 1.807) is 6.20 Å². The number of halogens is 1. The van der Waals surface area contributed by atoms with Gasteiger partial charge >= 0.3 is 0 Å². The van der Waals surface area contributed by atoms with Crippen LogP contribution in [0.1, 0.15) is 31.2 Å². The summed E-state index contributed by atoms with van der Waals surface area (Å²) >= 11 is 5.94. The van der Waals surface area contributed by atoms with Gasteiger partial charge in [0.25, 0.3) is 0 Å². The molecule has 1 fully saturated rings. The van der Waals surface area contributed by atoms with Crippen LogP contribution in [0.3, 0.4) is 0 Å². The van der Waals surface area contributed by atoms with Crippen LogP contribution in [0, 0.1) is 6.92 Å². The average molecular weight is 254 g/mol. The van der Waals surface area contributed by atoms with Gasteiger partial charge in [0.2, 0.25) is 5.91 Å². The van der Waals surface area contributed by atoms with Gasteiger partial charge < -0.3 is 11.1 Å². The van der Waals surface area contributed by atoms with Gasteiger partial charge in [-0.05, 0) is 37.8 Å². The van der Waals surface area contributed by atoms with Crippen LogP contribution in [0.2, 0.25) is 5.15 Å². The minimum absolute atomic E-state index is 0.0924. The van der Waals surface area contributed by atoms with Crippen LogP contribution in [-0.4, -0.2) is 16.4 Å². The number of hydrogen-bond acceptors (Lipinski definition) is 3. The van der Waals surface area contributed by atoms with Gasteiger partial charge in [0, 0.05) is 18.2 Å². The Kier molecular flexibility index (Phi) is 3.35. The minimum atomic E-state index is -0.313. The van der Waals surface area contributed by atoms with E-state index >= 15 is 0 Å². The second-order valence-corrected chi connectivity index (χ2v) is 5.09. The Balaban J connectivity index is 2.03. The van der Waals surface area contributed by atoms with Crippen molar-refractivity contribution in [2.75, 3.05) is 5.32 Å². The number of hydrogen-bond donors (Lipinski definition) is 2. The predicted octanol–water partition coefficient (Wildman–Crippen LogP) is 2.25. The molecule has 1 saturated carbocycles. The van der Waals surface area contributed by atoms with Gasteiger partial charge in [-0.2, -0.15) is 0 Å². The van der Waals surface area contributed by atoms with E-state index in [0.29, 0.717) is 17.3 Å². The number of anilines is 1. The van der Waals surface area contributed by atoms with Gasteiger partial charge in [-0.25, -0.2) is 4.98 Å². The van der Waals surface area contributed by atoms with Gasteiger partial charge in [-0.15, -0.1) is 0 Å². The molecule has 17 heavy (non-hydrogen) atoms. The molecule has 0 bridgehead atoms. The van der Waals surface area contributed by atoms with E-state index in [9.17, 15) is 4.79 Å². The summed E-state index contributed by atoms with van der Waals surface area (Å²) in [7, 11) is 0. The predicted molar refractivity (Wildman–Crippen MR) is 68.0 cm³/mol. The molecule has 0 spiro atoms. The molecule has 92 valence electrons. The lowest BCUT2D eigenvalue weighted by atomic mass is 9.75. The molecule has 0 aromatic carbocycles. The fourth-order valence-electron chi connectivity index (χ4n) is 1.99. The van der Waals surface area contributed by atoms with Crippen molar-refractivity contribution in [2.24, 2.45) is 5.73 Å². The number of nitrogens with two attached hydrogens (primary N) is 1. The quantitative estimate of drug-likeness (QED) is 0.812. The Morgan fingerprint density at radius 1 is 1.65 bits per heavy atom. The van der Waals surface area contributed by atoms with E-state index in [2.05, 4.69) is 10.3 Å². The van der Waals surface area contributed by atoms with Gasteiger partial charge in [-0.3, -0.25) is 4.79 Å². The molecule has 1 heterocycles. The highest BCUT2D eigenvalue weighted by Gasteiger charge is 2.34. The van der Waals surface area contributed by atoms with Crippen LogP contribution < -0.4 is 11.1 Å². The first-order valence-electron chi connectivity index (χ1n) is 5.70. The van der Waals surface area contributed by atoms with Crippen molar-refractivity contribution in [1.29, 1.82) is 0 Å². The maximum absolute atomic E-state index is 11.8. The first-order chi connectivity index (χ1) is 8.00. The van der Waals surface area contributed by atoms with Crippen LogP contribution >= 0.6 is 11.6 Å². The van der Waals surface area contributed by atoms with Crippen LogP contribution in [-0.2, 0) is 4.79 Å². The normalized spacial score (nSPS) is 17.4. The molecule has 0 atom stereocenters. The summed E-state index contributed by atoms with van der Waals surface area (Å²) in [5, 5.41) is 3.11. The molecule has 1 aliphatic carbocycles. The molecule has 5 heteroatoms. The van der Waals surface area contributed by atoms with E-state index in [4.69, 9.17) is 17.3 Å². The smallest absolute Gasteiger partial charge is 0.226 e. The summed E-state index contributed by atoms with van der Waals surface area (Å²) in [4.78, 5) is 15.8. The van der Waals surface area contributed by atoms with Crippen LogP contribution in [0.25, 0.3) is 0 Å². The lowest BCUT2D eigenvalue weighted by Crippen LogP contribution is -2.49. The molecule has 1 aromatic rings. The number of aryl methyl sites for hydroxylation is 1. The maximum atomic E-state index is 11.8. The van der Waals surface area contributed by atoms with Crippen molar-refractivity contribution in [1.82, 2.24) is 4.98 Å². The molecular formula is C12H16ClN3O. The van der Waals surface area contributed by atoms with E-state index in [1.807, 2.05) is 13.0 Å². The van der Waals surface area contributed by atoms with Crippen molar-refractivity contribution in [3.8, 4) is 0 Å². The molecule has 0 unspecified atom stereocenters. The lowest BCUT2D eigenvalue weighted by molar-refractivity contribution is -0.118. The molecule has 0 radical (unpaired) electrons. The number of rotatable bonds is 3.